The molecule has 1 N–H and O–H groups in total. The molecule has 0 amide bonds. The van der Waals surface area contributed by atoms with E-state index in [-0.39, 0.29) is 0 Å². The van der Waals surface area contributed by atoms with Gasteiger partial charge in [-0.05, 0) is 27.0 Å². The van der Waals surface area contributed by atoms with E-state index in [4.69, 9.17) is 0 Å². The van der Waals surface area contributed by atoms with Gasteiger partial charge in [0, 0.05) is 24.2 Å². The summed E-state index contributed by atoms with van der Waals surface area (Å²) in [6.45, 7) is 5.01. The first-order chi connectivity index (χ1) is 8.69. The maximum atomic E-state index is 4.62. The van der Waals surface area contributed by atoms with Crippen molar-refractivity contribution >= 4 is 0 Å². The molecule has 0 aliphatic heterocycles. The van der Waals surface area contributed by atoms with Gasteiger partial charge >= 0.3 is 0 Å². The van der Waals surface area contributed by atoms with Gasteiger partial charge in [0.25, 0.3) is 0 Å². The zero-order chi connectivity index (χ0) is 13.0. The first-order valence-electron chi connectivity index (χ1n) is 6.25. The highest BCUT2D eigenvalue weighted by Crippen LogP contribution is 2.18. The molecule has 3 nitrogen and oxygen atoms in total. The molecule has 0 aliphatic carbocycles. The normalized spacial score (nSPS) is 10.6. The number of hydrogen-bond acceptors (Lipinski definition) is 3. The molecule has 0 aliphatic rings. The van der Waals surface area contributed by atoms with Crippen molar-refractivity contribution in [3.63, 3.8) is 0 Å². The molecule has 1 heterocycles. The fourth-order valence-corrected chi connectivity index (χ4v) is 1.85. The Morgan fingerprint density at radius 1 is 1.06 bits per heavy atom. The Morgan fingerprint density at radius 2 is 1.78 bits per heavy atom. The summed E-state index contributed by atoms with van der Waals surface area (Å²) in [5.74, 6) is 0.903. The minimum Gasteiger partial charge on any atom is -0.319 e. The number of likely N-dealkylation sites (N-methyl/N-ethyl adjacent to an activating group) is 1. The van der Waals surface area contributed by atoms with Crippen molar-refractivity contribution in [2.24, 2.45) is 0 Å². The van der Waals surface area contributed by atoms with E-state index in [2.05, 4.69) is 46.5 Å². The molecule has 0 saturated heterocycles. The first-order valence-corrected chi connectivity index (χ1v) is 6.25. The number of nitrogens with one attached hydrogen (secondary N) is 1. The van der Waals surface area contributed by atoms with Gasteiger partial charge in [-0.25, -0.2) is 9.97 Å². The van der Waals surface area contributed by atoms with E-state index in [1.165, 1.54) is 5.56 Å². The number of nitrogens with zero attached hydrogens (tertiary/aromatic N) is 2. The molecule has 0 saturated carbocycles. The molecule has 0 bridgehead atoms. The van der Waals surface area contributed by atoms with E-state index < -0.39 is 0 Å². The molecule has 0 fully saturated rings. The molecule has 94 valence electrons. The highest BCUT2D eigenvalue weighted by atomic mass is 14.9. The Kier molecular flexibility index (Phi) is 4.05. The van der Waals surface area contributed by atoms with Crippen LogP contribution in [0.15, 0.2) is 30.3 Å². The Bertz CT molecular complexity index is 518. The molecule has 1 aromatic heterocycles. The molecule has 0 atom stereocenters. The Morgan fingerprint density at radius 3 is 2.44 bits per heavy atom. The van der Waals surface area contributed by atoms with Crippen LogP contribution in [0.1, 0.15) is 17.1 Å². The summed E-state index contributed by atoms with van der Waals surface area (Å²) in [4.78, 5) is 9.08. The molecule has 0 unspecified atom stereocenters. The predicted octanol–water partition coefficient (Wildman–Crippen LogP) is 2.52. The molecule has 0 spiro atoms. The first kappa shape index (κ1) is 12.7. The van der Waals surface area contributed by atoms with E-state index in [1.54, 1.807) is 0 Å². The van der Waals surface area contributed by atoms with Gasteiger partial charge in [-0.15, -0.1) is 0 Å². The van der Waals surface area contributed by atoms with Crippen LogP contribution in [-0.4, -0.2) is 23.6 Å². The molecule has 2 rings (SSSR count). The molecule has 0 radical (unpaired) electrons. The van der Waals surface area contributed by atoms with E-state index in [9.17, 15) is 0 Å². The Labute approximate surface area is 108 Å². The third-order valence-corrected chi connectivity index (χ3v) is 2.85. The SMILES string of the molecule is CNCCc1nc(C)cc(-c2ccc(C)cc2)n1. The largest absolute Gasteiger partial charge is 0.319 e. The molecule has 1 aromatic carbocycles. The summed E-state index contributed by atoms with van der Waals surface area (Å²) in [7, 11) is 1.94. The molecule has 2 aromatic rings. The standard InChI is InChI=1S/C15H19N3/c1-11-4-6-13(7-5-11)14-10-12(2)17-15(18-14)8-9-16-3/h4-7,10,16H,8-9H2,1-3H3. The highest BCUT2D eigenvalue weighted by molar-refractivity contribution is 5.59. The number of rotatable bonds is 4. The quantitative estimate of drug-likeness (QED) is 0.893. The molecular weight excluding hydrogens is 222 g/mol. The van der Waals surface area contributed by atoms with Crippen LogP contribution in [0, 0.1) is 13.8 Å². The van der Waals surface area contributed by atoms with Gasteiger partial charge in [-0.3, -0.25) is 0 Å². The van der Waals surface area contributed by atoms with Crippen LogP contribution in [0.5, 0.6) is 0 Å². The lowest BCUT2D eigenvalue weighted by Crippen LogP contribution is -2.12. The third kappa shape index (κ3) is 3.14. The lowest BCUT2D eigenvalue weighted by atomic mass is 10.1. The second-order valence-corrected chi connectivity index (χ2v) is 4.53. The number of hydrogen-bond donors (Lipinski definition) is 1. The summed E-state index contributed by atoms with van der Waals surface area (Å²) >= 11 is 0. The smallest absolute Gasteiger partial charge is 0.130 e. The van der Waals surface area contributed by atoms with Crippen molar-refractivity contribution in [3.8, 4) is 11.3 Å². The van der Waals surface area contributed by atoms with E-state index in [1.807, 2.05) is 20.0 Å². The van der Waals surface area contributed by atoms with Crippen LogP contribution < -0.4 is 5.32 Å². The summed E-state index contributed by atoms with van der Waals surface area (Å²) in [6, 6.07) is 10.5. The maximum absolute atomic E-state index is 4.62. The Balaban J connectivity index is 2.32. The number of aromatic nitrogens is 2. The van der Waals surface area contributed by atoms with Crippen LogP contribution in [0.2, 0.25) is 0 Å². The van der Waals surface area contributed by atoms with Crippen molar-refractivity contribution in [3.05, 3.63) is 47.4 Å². The van der Waals surface area contributed by atoms with Gasteiger partial charge < -0.3 is 5.32 Å². The van der Waals surface area contributed by atoms with Crippen molar-refractivity contribution in [1.82, 2.24) is 15.3 Å². The molecular formula is C15H19N3. The van der Waals surface area contributed by atoms with Gasteiger partial charge in [0.1, 0.15) is 5.82 Å². The van der Waals surface area contributed by atoms with Crippen LogP contribution in [0.4, 0.5) is 0 Å². The van der Waals surface area contributed by atoms with Crippen molar-refractivity contribution in [2.45, 2.75) is 20.3 Å². The van der Waals surface area contributed by atoms with Gasteiger partial charge in [0.05, 0.1) is 5.69 Å². The average Bonchev–Trinajstić information content (AvgIpc) is 2.36. The summed E-state index contributed by atoms with van der Waals surface area (Å²) < 4.78 is 0. The van der Waals surface area contributed by atoms with Crippen LogP contribution in [0.25, 0.3) is 11.3 Å². The van der Waals surface area contributed by atoms with E-state index in [0.717, 1.165) is 35.7 Å². The van der Waals surface area contributed by atoms with Gasteiger partial charge in [-0.2, -0.15) is 0 Å². The highest BCUT2D eigenvalue weighted by Gasteiger charge is 2.04. The predicted molar refractivity (Wildman–Crippen MR) is 74.6 cm³/mol. The second-order valence-electron chi connectivity index (χ2n) is 4.53. The van der Waals surface area contributed by atoms with Gasteiger partial charge in [0.2, 0.25) is 0 Å². The van der Waals surface area contributed by atoms with Crippen molar-refractivity contribution < 1.29 is 0 Å². The van der Waals surface area contributed by atoms with Gasteiger partial charge in [0.15, 0.2) is 0 Å². The zero-order valence-electron chi connectivity index (χ0n) is 11.2. The summed E-state index contributed by atoms with van der Waals surface area (Å²) in [5.41, 5.74) is 4.44. The number of benzene rings is 1. The second kappa shape index (κ2) is 5.74. The maximum Gasteiger partial charge on any atom is 0.130 e. The van der Waals surface area contributed by atoms with Gasteiger partial charge in [-0.1, -0.05) is 29.8 Å². The minimum absolute atomic E-state index is 0.858. The van der Waals surface area contributed by atoms with Crippen LogP contribution >= 0.6 is 0 Å². The van der Waals surface area contributed by atoms with Crippen LogP contribution in [0.3, 0.4) is 0 Å². The third-order valence-electron chi connectivity index (χ3n) is 2.85. The van der Waals surface area contributed by atoms with E-state index in [0.29, 0.717) is 0 Å². The summed E-state index contributed by atoms with van der Waals surface area (Å²) in [6.07, 6.45) is 0.858. The zero-order valence-corrected chi connectivity index (χ0v) is 11.2. The summed E-state index contributed by atoms with van der Waals surface area (Å²) in [5, 5.41) is 3.12. The average molecular weight is 241 g/mol. The number of aryl methyl sites for hydroxylation is 2. The Hall–Kier alpha value is -1.74. The van der Waals surface area contributed by atoms with Crippen molar-refractivity contribution in [1.29, 1.82) is 0 Å². The van der Waals surface area contributed by atoms with Crippen molar-refractivity contribution in [2.75, 3.05) is 13.6 Å². The minimum atomic E-state index is 0.858. The fourth-order valence-electron chi connectivity index (χ4n) is 1.85. The topological polar surface area (TPSA) is 37.8 Å². The lowest BCUT2D eigenvalue weighted by Gasteiger charge is -2.06. The molecule has 3 heteroatoms. The lowest BCUT2D eigenvalue weighted by molar-refractivity contribution is 0.752. The molecule has 18 heavy (non-hydrogen) atoms. The van der Waals surface area contributed by atoms with Crippen LogP contribution in [-0.2, 0) is 6.42 Å². The fraction of sp³-hybridized carbons (Fsp3) is 0.333. The van der Waals surface area contributed by atoms with E-state index >= 15 is 0 Å². The monoisotopic (exact) mass is 241 g/mol.